The molecule has 18 heavy (non-hydrogen) atoms. The van der Waals surface area contributed by atoms with Gasteiger partial charge in [-0.05, 0) is 19.3 Å². The number of nitrogens with zero attached hydrogens (tertiary/aromatic N) is 1. The number of ether oxygens (including phenoxy) is 1. The minimum absolute atomic E-state index is 0.200. The summed E-state index contributed by atoms with van der Waals surface area (Å²) in [7, 11) is 1.46. The van der Waals surface area contributed by atoms with Crippen LogP contribution in [-0.2, 0) is 14.3 Å². The lowest BCUT2D eigenvalue weighted by molar-refractivity contribution is -0.136. The second kappa shape index (κ2) is 6.63. The maximum absolute atomic E-state index is 10.5. The first kappa shape index (κ1) is 14.0. The van der Waals surface area contributed by atoms with Crippen molar-refractivity contribution in [1.82, 2.24) is 5.32 Å². The van der Waals surface area contributed by atoms with Gasteiger partial charge in [-0.2, -0.15) is 0 Å². The molecule has 7 heteroatoms. The van der Waals surface area contributed by atoms with Gasteiger partial charge in [-0.3, -0.25) is 14.6 Å². The monoisotopic (exact) mass is 256 g/mol. The van der Waals surface area contributed by atoms with E-state index >= 15 is 0 Å². The molecule has 0 heterocycles. The Balaban J connectivity index is 2.85. The smallest absolute Gasteiger partial charge is 0.325 e. The molecule has 1 aliphatic rings. The first-order valence-corrected chi connectivity index (χ1v) is 5.53. The van der Waals surface area contributed by atoms with Gasteiger partial charge >= 0.3 is 11.9 Å². The number of rotatable bonds is 6. The largest absolute Gasteiger partial charge is 0.493 e. The number of hydrogen-bond acceptors (Lipinski definition) is 5. The van der Waals surface area contributed by atoms with Crippen molar-refractivity contribution in [2.75, 3.05) is 20.2 Å². The van der Waals surface area contributed by atoms with E-state index in [1.807, 2.05) is 0 Å². The predicted octanol–water partition coefficient (Wildman–Crippen LogP) is 0.228. The summed E-state index contributed by atoms with van der Waals surface area (Å²) in [6.45, 7) is -0.511. The van der Waals surface area contributed by atoms with Crippen molar-refractivity contribution in [3.05, 3.63) is 11.5 Å². The highest BCUT2D eigenvalue weighted by Gasteiger charge is 2.20. The minimum Gasteiger partial charge on any atom is -0.493 e. The van der Waals surface area contributed by atoms with Crippen LogP contribution in [0, 0.1) is 0 Å². The van der Waals surface area contributed by atoms with Gasteiger partial charge in [0.15, 0.2) is 5.76 Å². The normalized spacial score (nSPS) is 17.7. The van der Waals surface area contributed by atoms with Crippen molar-refractivity contribution in [2.24, 2.45) is 4.99 Å². The topological polar surface area (TPSA) is 108 Å². The van der Waals surface area contributed by atoms with E-state index in [4.69, 9.17) is 14.9 Å². The third-order valence-corrected chi connectivity index (χ3v) is 2.44. The Kier molecular flexibility index (Phi) is 5.16. The fraction of sp³-hybridized carbons (Fsp3) is 0.545. The Labute approximate surface area is 104 Å². The molecule has 0 fully saturated rings. The number of carboxylic acids is 2. The molecule has 3 N–H and O–H groups in total. The molecule has 0 bridgehead atoms. The van der Waals surface area contributed by atoms with Gasteiger partial charge in [0.05, 0.1) is 18.5 Å². The number of aliphatic imine (C=N–C) groups is 1. The Bertz CT molecular complexity index is 400. The maximum Gasteiger partial charge on any atom is 0.325 e. The van der Waals surface area contributed by atoms with Crippen LogP contribution in [0.2, 0.25) is 0 Å². The molecule has 0 amide bonds. The van der Waals surface area contributed by atoms with E-state index in [9.17, 15) is 9.59 Å². The predicted molar refractivity (Wildman–Crippen MR) is 63.5 cm³/mol. The molecule has 0 saturated carbocycles. The lowest BCUT2D eigenvalue weighted by Crippen LogP contribution is -2.28. The van der Waals surface area contributed by atoms with E-state index in [1.54, 1.807) is 0 Å². The lowest BCUT2D eigenvalue weighted by Gasteiger charge is -2.21. The molecule has 0 aliphatic heterocycles. The molecule has 0 saturated heterocycles. The van der Waals surface area contributed by atoms with Gasteiger partial charge in [-0.25, -0.2) is 0 Å². The van der Waals surface area contributed by atoms with Crippen LogP contribution >= 0.6 is 0 Å². The molecular weight excluding hydrogens is 240 g/mol. The number of hydrogen-bond donors (Lipinski definition) is 3. The van der Waals surface area contributed by atoms with Crippen LogP contribution in [0.4, 0.5) is 0 Å². The fourth-order valence-electron chi connectivity index (χ4n) is 1.74. The molecule has 0 aromatic carbocycles. The average Bonchev–Trinajstić information content (AvgIpc) is 2.33. The number of methoxy groups -OCH3 is 1. The van der Waals surface area contributed by atoms with E-state index in [1.165, 1.54) is 7.11 Å². The quantitative estimate of drug-likeness (QED) is 0.627. The fourth-order valence-corrected chi connectivity index (χ4v) is 1.74. The van der Waals surface area contributed by atoms with Crippen LogP contribution < -0.4 is 5.32 Å². The van der Waals surface area contributed by atoms with E-state index < -0.39 is 11.9 Å². The summed E-state index contributed by atoms with van der Waals surface area (Å²) in [5.74, 6) is -1.51. The minimum atomic E-state index is -1.01. The van der Waals surface area contributed by atoms with Crippen LogP contribution in [-0.4, -0.2) is 48.1 Å². The maximum atomic E-state index is 10.5. The van der Waals surface area contributed by atoms with Gasteiger partial charge in [0, 0.05) is 0 Å². The van der Waals surface area contributed by atoms with Crippen LogP contribution in [0.25, 0.3) is 0 Å². The van der Waals surface area contributed by atoms with Gasteiger partial charge in [0.2, 0.25) is 0 Å². The third-order valence-electron chi connectivity index (χ3n) is 2.44. The molecule has 0 radical (unpaired) electrons. The molecule has 0 aromatic rings. The van der Waals surface area contributed by atoms with Crippen molar-refractivity contribution in [2.45, 2.75) is 19.3 Å². The number of carbonyl (C=O) groups is 2. The molecule has 0 aromatic heterocycles. The standard InChI is InChI=1S/C11H16N2O5/c1-18-11-7(12-5-9(14)15)3-2-4-8(11)13-6-10(16)17/h12H,2-6H2,1H3,(H,14,15)(H,16,17). The number of allylic oxidation sites excluding steroid dienone is 2. The molecular formula is C11H16N2O5. The number of carboxylic acid groups (broad SMARTS) is 2. The Morgan fingerprint density at radius 2 is 2.06 bits per heavy atom. The van der Waals surface area contributed by atoms with E-state index in [0.29, 0.717) is 30.0 Å². The third kappa shape index (κ3) is 4.08. The van der Waals surface area contributed by atoms with Crippen molar-refractivity contribution in [3.8, 4) is 0 Å². The summed E-state index contributed by atoms with van der Waals surface area (Å²) in [4.78, 5) is 24.9. The number of aliphatic carboxylic acids is 2. The highest BCUT2D eigenvalue weighted by atomic mass is 16.5. The Hall–Kier alpha value is -2.05. The Morgan fingerprint density at radius 3 is 2.61 bits per heavy atom. The zero-order valence-corrected chi connectivity index (χ0v) is 10.1. The Morgan fingerprint density at radius 1 is 1.33 bits per heavy atom. The van der Waals surface area contributed by atoms with Crippen molar-refractivity contribution in [1.29, 1.82) is 0 Å². The average molecular weight is 256 g/mol. The van der Waals surface area contributed by atoms with Crippen molar-refractivity contribution >= 4 is 17.7 Å². The van der Waals surface area contributed by atoms with Crippen LogP contribution in [0.1, 0.15) is 19.3 Å². The molecule has 0 spiro atoms. The SMILES string of the molecule is COC1=C(NCC(=O)O)CCCC1=NCC(=O)O. The zero-order chi connectivity index (χ0) is 13.5. The highest BCUT2D eigenvalue weighted by Crippen LogP contribution is 2.21. The number of nitrogens with one attached hydrogen (secondary N) is 1. The first-order valence-electron chi connectivity index (χ1n) is 5.53. The van der Waals surface area contributed by atoms with Crippen LogP contribution in [0.3, 0.4) is 0 Å². The van der Waals surface area contributed by atoms with Gasteiger partial charge in [-0.15, -0.1) is 0 Å². The molecule has 7 nitrogen and oxygen atoms in total. The molecule has 1 rings (SSSR count). The van der Waals surface area contributed by atoms with Crippen LogP contribution in [0.15, 0.2) is 16.4 Å². The summed E-state index contributed by atoms with van der Waals surface area (Å²) in [5.41, 5.74) is 1.23. The molecule has 100 valence electrons. The van der Waals surface area contributed by atoms with Crippen molar-refractivity contribution in [3.63, 3.8) is 0 Å². The highest BCUT2D eigenvalue weighted by molar-refractivity contribution is 6.00. The van der Waals surface area contributed by atoms with E-state index in [2.05, 4.69) is 10.3 Å². The van der Waals surface area contributed by atoms with Gasteiger partial charge in [0.1, 0.15) is 13.1 Å². The van der Waals surface area contributed by atoms with Gasteiger partial charge in [-0.1, -0.05) is 0 Å². The summed E-state index contributed by atoms with van der Waals surface area (Å²) in [6, 6.07) is 0. The zero-order valence-electron chi connectivity index (χ0n) is 10.1. The van der Waals surface area contributed by atoms with E-state index in [0.717, 1.165) is 6.42 Å². The van der Waals surface area contributed by atoms with Crippen LogP contribution in [0.5, 0.6) is 0 Å². The summed E-state index contributed by atoms with van der Waals surface area (Å²) in [5, 5.41) is 20.0. The van der Waals surface area contributed by atoms with Gasteiger partial charge in [0.25, 0.3) is 0 Å². The van der Waals surface area contributed by atoms with Gasteiger partial charge < -0.3 is 20.3 Å². The lowest BCUT2D eigenvalue weighted by atomic mass is 10.0. The first-order chi connectivity index (χ1) is 8.54. The molecule has 0 unspecified atom stereocenters. The summed E-state index contributed by atoms with van der Waals surface area (Å²) in [6.07, 6.45) is 2.09. The second-order valence-electron chi connectivity index (χ2n) is 3.77. The molecule has 1 aliphatic carbocycles. The second-order valence-corrected chi connectivity index (χ2v) is 3.77. The summed E-state index contributed by atoms with van der Waals surface area (Å²) < 4.78 is 5.18. The van der Waals surface area contributed by atoms with Crippen molar-refractivity contribution < 1.29 is 24.5 Å². The molecule has 0 atom stereocenters. The summed E-state index contributed by atoms with van der Waals surface area (Å²) >= 11 is 0. The van der Waals surface area contributed by atoms with E-state index in [-0.39, 0.29) is 13.1 Å².